The molecule has 0 aliphatic carbocycles. The zero-order valence-electron chi connectivity index (χ0n) is 16.3. The molecule has 0 saturated heterocycles. The Morgan fingerprint density at radius 2 is 1.48 bits per heavy atom. The molecule has 0 aliphatic rings. The van der Waals surface area contributed by atoms with Gasteiger partial charge in [-0.2, -0.15) is 0 Å². The van der Waals surface area contributed by atoms with Crippen molar-refractivity contribution in [1.82, 2.24) is 19.0 Å². The maximum Gasteiger partial charge on any atom is 0.337 e. The summed E-state index contributed by atoms with van der Waals surface area (Å²) < 4.78 is 2.47. The van der Waals surface area contributed by atoms with E-state index in [0.717, 1.165) is 18.6 Å². The normalized spacial score (nSPS) is 10.5. The molecule has 1 heterocycles. The van der Waals surface area contributed by atoms with Crippen LogP contribution in [0.1, 0.15) is 5.56 Å². The Morgan fingerprint density at radius 3 is 2.00 bits per heavy atom. The van der Waals surface area contributed by atoms with Crippen molar-refractivity contribution in [1.29, 1.82) is 0 Å². The summed E-state index contributed by atoms with van der Waals surface area (Å²) in [6.07, 6.45) is 2.75. The topological polar surface area (TPSA) is 95.1 Å². The first-order valence-corrected chi connectivity index (χ1v) is 10.00. The van der Waals surface area contributed by atoms with Gasteiger partial charge in [0.25, 0.3) is 0 Å². The number of carbonyl (C=O) groups excluding carboxylic acids is 1. The van der Waals surface area contributed by atoms with Gasteiger partial charge in [-0.1, -0.05) is 29.8 Å². The second kappa shape index (κ2) is 10.5. The molecule has 0 saturated carbocycles. The Bertz CT molecular complexity index is 1020. The Kier molecular flexibility index (Phi) is 8.02. The predicted molar refractivity (Wildman–Crippen MR) is 115 cm³/mol. The minimum absolute atomic E-state index is 0.0656. The average molecular weight is 417 g/mol. The molecular weight excluding hydrogens is 392 g/mol. The molecule has 2 rings (SSSR count). The number of rotatable bonds is 10. The van der Waals surface area contributed by atoms with Crippen LogP contribution in [0.4, 0.5) is 0 Å². The summed E-state index contributed by atoms with van der Waals surface area (Å²) in [6.45, 7) is 8.80. The van der Waals surface area contributed by atoms with Gasteiger partial charge in [-0.3, -0.25) is 4.79 Å². The van der Waals surface area contributed by atoms with Crippen molar-refractivity contribution in [3.63, 3.8) is 0 Å². The number of nitrogens with zero attached hydrogens (tertiary/aromatic N) is 3. The number of thioether (sulfide) groups is 1. The van der Waals surface area contributed by atoms with Crippen molar-refractivity contribution in [3.8, 4) is 0 Å². The maximum absolute atomic E-state index is 12.5. The van der Waals surface area contributed by atoms with Crippen LogP contribution in [0, 0.1) is 6.92 Å². The van der Waals surface area contributed by atoms with Crippen molar-refractivity contribution < 1.29 is 4.79 Å². The van der Waals surface area contributed by atoms with Crippen LogP contribution in [0.15, 0.2) is 68.9 Å². The Labute approximate surface area is 172 Å². The summed E-state index contributed by atoms with van der Waals surface area (Å²) in [5.74, 6) is 0.156. The lowest BCUT2D eigenvalue weighted by atomic mass is 10.2. The zero-order valence-corrected chi connectivity index (χ0v) is 17.1. The van der Waals surface area contributed by atoms with E-state index in [4.69, 9.17) is 0 Å². The number of aryl methyl sites for hydroxylation is 1. The molecule has 9 heteroatoms. The molecular formula is C20H24N4O4S. The van der Waals surface area contributed by atoms with Gasteiger partial charge in [0.2, 0.25) is 5.91 Å². The number of allylic oxidation sites excluding steroid dienone is 2. The molecule has 0 radical (unpaired) electrons. The number of aromatic nitrogens is 3. The van der Waals surface area contributed by atoms with Crippen molar-refractivity contribution in [2.24, 2.45) is 0 Å². The molecule has 1 aromatic heterocycles. The van der Waals surface area contributed by atoms with Gasteiger partial charge in [0.05, 0.1) is 13.1 Å². The van der Waals surface area contributed by atoms with E-state index in [1.54, 1.807) is 11.8 Å². The van der Waals surface area contributed by atoms with Crippen molar-refractivity contribution in [3.05, 3.63) is 86.6 Å². The van der Waals surface area contributed by atoms with E-state index in [1.807, 2.05) is 31.2 Å². The number of amides is 1. The molecule has 0 aliphatic heterocycles. The zero-order chi connectivity index (χ0) is 21.4. The van der Waals surface area contributed by atoms with Crippen LogP contribution >= 0.6 is 11.8 Å². The molecule has 8 nitrogen and oxygen atoms in total. The number of benzene rings is 1. The molecule has 1 aromatic carbocycles. The summed E-state index contributed by atoms with van der Waals surface area (Å²) in [6, 6.07) is 8.04. The number of carbonyl (C=O) groups is 1. The van der Waals surface area contributed by atoms with Crippen molar-refractivity contribution >= 4 is 17.7 Å². The van der Waals surface area contributed by atoms with Crippen LogP contribution in [0.3, 0.4) is 0 Å². The fraction of sp³-hybridized carbons (Fsp3) is 0.300. The highest BCUT2D eigenvalue weighted by Crippen LogP contribution is 2.17. The molecule has 29 heavy (non-hydrogen) atoms. The summed E-state index contributed by atoms with van der Waals surface area (Å²) in [4.78, 5) is 50.6. The molecule has 0 spiro atoms. The first kappa shape index (κ1) is 22.2. The fourth-order valence-corrected chi connectivity index (χ4v) is 3.35. The third-order valence-corrected chi connectivity index (χ3v) is 5.04. The van der Waals surface area contributed by atoms with Crippen LogP contribution in [0.25, 0.3) is 0 Å². The minimum Gasteiger partial charge on any atom is -0.354 e. The second-order valence-electron chi connectivity index (χ2n) is 6.24. The quantitative estimate of drug-likeness (QED) is 0.351. The molecule has 0 atom stereocenters. The Hall–Kier alpha value is -3.07. The van der Waals surface area contributed by atoms with E-state index in [1.165, 1.54) is 17.7 Å². The predicted octanol–water partition coefficient (Wildman–Crippen LogP) is 0.761. The number of hydrogen-bond acceptors (Lipinski definition) is 5. The van der Waals surface area contributed by atoms with Crippen LogP contribution < -0.4 is 22.4 Å². The Morgan fingerprint density at radius 1 is 0.966 bits per heavy atom. The van der Waals surface area contributed by atoms with Gasteiger partial charge >= 0.3 is 17.1 Å². The standard InChI is InChI=1S/C20H24N4O4S/c1-4-11-22-18(26)23(12-5-2)20(28)24(19(22)27)14-17(25)21-10-13-29-16-8-6-15(3)7-9-16/h4-9H,1-2,10-14H2,3H3,(H,21,25). The van der Waals surface area contributed by atoms with E-state index >= 15 is 0 Å². The highest BCUT2D eigenvalue weighted by atomic mass is 32.2. The summed E-state index contributed by atoms with van der Waals surface area (Å²) in [7, 11) is 0. The summed E-state index contributed by atoms with van der Waals surface area (Å²) in [5, 5.41) is 2.69. The summed E-state index contributed by atoms with van der Waals surface area (Å²) >= 11 is 1.59. The van der Waals surface area contributed by atoms with Crippen LogP contribution in [0.5, 0.6) is 0 Å². The van der Waals surface area contributed by atoms with E-state index < -0.39 is 29.5 Å². The highest BCUT2D eigenvalue weighted by Gasteiger charge is 2.16. The van der Waals surface area contributed by atoms with E-state index in [0.29, 0.717) is 12.3 Å². The number of nitrogens with one attached hydrogen (secondary N) is 1. The van der Waals surface area contributed by atoms with Crippen LogP contribution in [0.2, 0.25) is 0 Å². The minimum atomic E-state index is -0.843. The maximum atomic E-state index is 12.5. The van der Waals surface area contributed by atoms with E-state index in [-0.39, 0.29) is 13.1 Å². The summed E-state index contributed by atoms with van der Waals surface area (Å²) in [5.41, 5.74) is -1.27. The third-order valence-electron chi connectivity index (χ3n) is 4.02. The monoisotopic (exact) mass is 416 g/mol. The molecule has 0 fully saturated rings. The smallest absolute Gasteiger partial charge is 0.337 e. The van der Waals surface area contributed by atoms with Gasteiger partial charge < -0.3 is 5.32 Å². The van der Waals surface area contributed by atoms with Gasteiger partial charge in [-0.15, -0.1) is 24.9 Å². The second-order valence-corrected chi connectivity index (χ2v) is 7.41. The molecule has 0 unspecified atom stereocenters. The van der Waals surface area contributed by atoms with Crippen molar-refractivity contribution in [2.75, 3.05) is 12.3 Å². The molecule has 0 bridgehead atoms. The molecule has 154 valence electrons. The van der Waals surface area contributed by atoms with E-state index in [2.05, 4.69) is 18.5 Å². The SMILES string of the molecule is C=CCn1c(=O)n(CC=C)c(=O)n(CC(=O)NCCSc2ccc(C)cc2)c1=O. The fourth-order valence-electron chi connectivity index (χ4n) is 2.58. The molecule has 1 N–H and O–H groups in total. The lowest BCUT2D eigenvalue weighted by Gasteiger charge is -2.12. The Balaban J connectivity index is 2.08. The van der Waals surface area contributed by atoms with Gasteiger partial charge in [0.15, 0.2) is 0 Å². The van der Waals surface area contributed by atoms with Gasteiger partial charge in [0, 0.05) is 17.2 Å². The lowest BCUT2D eigenvalue weighted by Crippen LogP contribution is -2.55. The average Bonchev–Trinajstić information content (AvgIpc) is 2.70. The molecule has 2 aromatic rings. The van der Waals surface area contributed by atoms with Crippen molar-refractivity contribution in [2.45, 2.75) is 31.5 Å². The third kappa shape index (κ3) is 5.71. The molecule has 1 amide bonds. The van der Waals surface area contributed by atoms with Crippen LogP contribution in [-0.2, 0) is 24.4 Å². The highest BCUT2D eigenvalue weighted by molar-refractivity contribution is 7.99. The largest absolute Gasteiger partial charge is 0.354 e. The lowest BCUT2D eigenvalue weighted by molar-refractivity contribution is -0.121. The van der Waals surface area contributed by atoms with E-state index in [9.17, 15) is 19.2 Å². The van der Waals surface area contributed by atoms with Gasteiger partial charge in [-0.25, -0.2) is 28.1 Å². The van der Waals surface area contributed by atoms with Gasteiger partial charge in [-0.05, 0) is 19.1 Å². The first-order valence-electron chi connectivity index (χ1n) is 9.01. The van der Waals surface area contributed by atoms with Crippen LogP contribution in [-0.4, -0.2) is 31.9 Å². The van der Waals surface area contributed by atoms with Gasteiger partial charge in [0.1, 0.15) is 6.54 Å². The number of hydrogen-bond donors (Lipinski definition) is 1. The first-order chi connectivity index (χ1) is 13.9.